The van der Waals surface area contributed by atoms with Gasteiger partial charge in [-0.05, 0) is 37.8 Å². The summed E-state index contributed by atoms with van der Waals surface area (Å²) >= 11 is 0. The first-order chi connectivity index (χ1) is 7.74. The molecule has 1 aliphatic rings. The van der Waals surface area contributed by atoms with E-state index in [2.05, 4.69) is 12.2 Å². The average molecular weight is 220 g/mol. The van der Waals surface area contributed by atoms with Crippen molar-refractivity contribution < 1.29 is 0 Å². The summed E-state index contributed by atoms with van der Waals surface area (Å²) in [6.45, 7) is 3.23. The van der Waals surface area contributed by atoms with Gasteiger partial charge in [-0.15, -0.1) is 0 Å². The van der Waals surface area contributed by atoms with Gasteiger partial charge in [-0.3, -0.25) is 4.79 Å². The monoisotopic (exact) mass is 220 g/mol. The van der Waals surface area contributed by atoms with Gasteiger partial charge in [0.1, 0.15) is 0 Å². The van der Waals surface area contributed by atoms with Crippen LogP contribution in [-0.4, -0.2) is 11.1 Å². The zero-order chi connectivity index (χ0) is 11.5. The second kappa shape index (κ2) is 4.83. The predicted molar refractivity (Wildman–Crippen MR) is 65.7 cm³/mol. The fourth-order valence-electron chi connectivity index (χ4n) is 2.48. The van der Waals surface area contributed by atoms with Crippen LogP contribution in [0.25, 0.3) is 0 Å². The lowest BCUT2D eigenvalue weighted by Gasteiger charge is -2.27. The molecule has 1 atom stereocenters. The largest absolute Gasteiger partial charge is 0.315 e. The van der Waals surface area contributed by atoms with E-state index in [1.54, 1.807) is 10.6 Å². The number of nitrogens with zero attached hydrogens (tertiary/aromatic N) is 1. The normalized spacial score (nSPS) is 19.5. The van der Waals surface area contributed by atoms with Gasteiger partial charge in [-0.2, -0.15) is 0 Å². The molecular weight excluding hydrogens is 200 g/mol. The Labute approximate surface area is 96.5 Å². The smallest absolute Gasteiger partial charge is 0.250 e. The van der Waals surface area contributed by atoms with E-state index in [-0.39, 0.29) is 5.56 Å². The van der Waals surface area contributed by atoms with Crippen molar-refractivity contribution in [1.82, 2.24) is 9.88 Å². The van der Waals surface area contributed by atoms with Crippen molar-refractivity contribution >= 4 is 0 Å². The third-order valence-electron chi connectivity index (χ3n) is 3.40. The molecule has 1 aromatic rings. The SMILES string of the molecule is CCCNC1CCCc2c1ccc(=O)n2C. The van der Waals surface area contributed by atoms with Crippen molar-refractivity contribution in [3.63, 3.8) is 0 Å². The van der Waals surface area contributed by atoms with Gasteiger partial charge in [-0.1, -0.05) is 13.0 Å². The number of fused-ring (bicyclic) bond motifs is 1. The van der Waals surface area contributed by atoms with Crippen molar-refractivity contribution in [2.75, 3.05) is 6.54 Å². The molecule has 1 aliphatic carbocycles. The molecule has 3 heteroatoms. The van der Waals surface area contributed by atoms with Gasteiger partial charge in [0.05, 0.1) is 0 Å². The molecule has 0 saturated carbocycles. The molecule has 1 N–H and O–H groups in total. The highest BCUT2D eigenvalue weighted by Gasteiger charge is 2.21. The molecule has 3 nitrogen and oxygen atoms in total. The first-order valence-electron chi connectivity index (χ1n) is 6.16. The van der Waals surface area contributed by atoms with Crippen LogP contribution in [0.2, 0.25) is 0 Å². The minimum absolute atomic E-state index is 0.106. The molecular formula is C13H20N2O. The Hall–Kier alpha value is -1.09. The molecule has 0 spiro atoms. The summed E-state index contributed by atoms with van der Waals surface area (Å²) in [7, 11) is 1.88. The Balaban J connectivity index is 2.32. The van der Waals surface area contributed by atoms with Crippen LogP contribution >= 0.6 is 0 Å². The molecule has 0 bridgehead atoms. The Morgan fingerprint density at radius 3 is 3.06 bits per heavy atom. The van der Waals surface area contributed by atoms with Gasteiger partial charge < -0.3 is 9.88 Å². The summed E-state index contributed by atoms with van der Waals surface area (Å²) in [6, 6.07) is 4.13. The quantitative estimate of drug-likeness (QED) is 0.842. The number of rotatable bonds is 3. The molecule has 88 valence electrons. The Morgan fingerprint density at radius 1 is 1.50 bits per heavy atom. The number of nitrogens with one attached hydrogen (secondary N) is 1. The predicted octanol–water partition coefficient (Wildman–Crippen LogP) is 1.76. The first-order valence-corrected chi connectivity index (χ1v) is 6.16. The fourth-order valence-corrected chi connectivity index (χ4v) is 2.48. The van der Waals surface area contributed by atoms with Crippen LogP contribution in [0.4, 0.5) is 0 Å². The minimum atomic E-state index is 0.106. The Bertz CT molecular complexity index is 422. The minimum Gasteiger partial charge on any atom is -0.315 e. The molecule has 1 aromatic heterocycles. The number of hydrogen-bond donors (Lipinski definition) is 1. The first kappa shape index (κ1) is 11.4. The molecule has 16 heavy (non-hydrogen) atoms. The maximum absolute atomic E-state index is 11.6. The van der Waals surface area contributed by atoms with Crippen LogP contribution in [0.5, 0.6) is 0 Å². The van der Waals surface area contributed by atoms with Crippen molar-refractivity contribution in [3.05, 3.63) is 33.7 Å². The van der Waals surface area contributed by atoms with E-state index in [1.165, 1.54) is 24.1 Å². The van der Waals surface area contributed by atoms with Gasteiger partial charge in [0.15, 0.2) is 0 Å². The van der Waals surface area contributed by atoms with E-state index >= 15 is 0 Å². The Kier molecular flexibility index (Phi) is 3.44. The van der Waals surface area contributed by atoms with Crippen LogP contribution in [0, 0.1) is 0 Å². The van der Waals surface area contributed by atoms with E-state index in [9.17, 15) is 4.79 Å². The molecule has 0 aliphatic heterocycles. The number of pyridine rings is 1. The topological polar surface area (TPSA) is 34.0 Å². The highest BCUT2D eigenvalue weighted by Crippen LogP contribution is 2.28. The molecule has 1 heterocycles. The Morgan fingerprint density at radius 2 is 2.31 bits per heavy atom. The third kappa shape index (κ3) is 2.05. The van der Waals surface area contributed by atoms with E-state index in [4.69, 9.17) is 0 Å². The zero-order valence-corrected chi connectivity index (χ0v) is 10.1. The van der Waals surface area contributed by atoms with Gasteiger partial charge in [0.25, 0.3) is 0 Å². The number of hydrogen-bond acceptors (Lipinski definition) is 2. The lowest BCUT2D eigenvalue weighted by Crippen LogP contribution is -2.30. The maximum atomic E-state index is 11.6. The average Bonchev–Trinajstić information content (AvgIpc) is 2.31. The summed E-state index contributed by atoms with van der Waals surface area (Å²) < 4.78 is 1.80. The molecule has 1 unspecified atom stereocenters. The van der Waals surface area contributed by atoms with Crippen LogP contribution in [0.1, 0.15) is 43.5 Å². The van der Waals surface area contributed by atoms with Crippen LogP contribution < -0.4 is 10.9 Å². The van der Waals surface area contributed by atoms with Gasteiger partial charge in [0.2, 0.25) is 5.56 Å². The molecule has 0 radical (unpaired) electrons. The van der Waals surface area contributed by atoms with E-state index in [0.717, 1.165) is 19.4 Å². The second-order valence-electron chi connectivity index (χ2n) is 4.53. The maximum Gasteiger partial charge on any atom is 0.250 e. The van der Waals surface area contributed by atoms with Crippen molar-refractivity contribution in [2.45, 2.75) is 38.6 Å². The highest BCUT2D eigenvalue weighted by molar-refractivity contribution is 5.27. The summed E-state index contributed by atoms with van der Waals surface area (Å²) in [6.07, 6.45) is 4.54. The number of aromatic nitrogens is 1. The van der Waals surface area contributed by atoms with Crippen molar-refractivity contribution in [1.29, 1.82) is 0 Å². The summed E-state index contributed by atoms with van der Waals surface area (Å²) in [4.78, 5) is 11.6. The molecule has 0 saturated heterocycles. The van der Waals surface area contributed by atoms with Crippen molar-refractivity contribution in [2.24, 2.45) is 7.05 Å². The summed E-state index contributed by atoms with van der Waals surface area (Å²) in [5, 5.41) is 3.56. The van der Waals surface area contributed by atoms with Crippen molar-refractivity contribution in [3.8, 4) is 0 Å². The van der Waals surface area contributed by atoms with E-state index in [0.29, 0.717) is 6.04 Å². The summed E-state index contributed by atoms with van der Waals surface area (Å²) in [5.41, 5.74) is 2.64. The van der Waals surface area contributed by atoms with Gasteiger partial charge >= 0.3 is 0 Å². The molecule has 0 amide bonds. The molecule has 0 fully saturated rings. The summed E-state index contributed by atoms with van der Waals surface area (Å²) in [5.74, 6) is 0. The van der Waals surface area contributed by atoms with Crippen LogP contribution in [0.15, 0.2) is 16.9 Å². The highest BCUT2D eigenvalue weighted by atomic mass is 16.1. The van der Waals surface area contributed by atoms with Gasteiger partial charge in [-0.25, -0.2) is 0 Å². The lowest BCUT2D eigenvalue weighted by atomic mass is 9.91. The fraction of sp³-hybridized carbons (Fsp3) is 0.615. The van der Waals surface area contributed by atoms with Crippen LogP contribution in [0.3, 0.4) is 0 Å². The van der Waals surface area contributed by atoms with Gasteiger partial charge in [0, 0.05) is 24.8 Å². The van der Waals surface area contributed by atoms with Crippen LogP contribution in [-0.2, 0) is 13.5 Å². The third-order valence-corrected chi connectivity index (χ3v) is 3.40. The van der Waals surface area contributed by atoms with E-state index < -0.39 is 0 Å². The second-order valence-corrected chi connectivity index (χ2v) is 4.53. The molecule has 2 rings (SSSR count). The molecule has 0 aromatic carbocycles. The van der Waals surface area contributed by atoms with E-state index in [1.807, 2.05) is 13.1 Å². The lowest BCUT2D eigenvalue weighted by molar-refractivity contribution is 0.447. The zero-order valence-electron chi connectivity index (χ0n) is 10.1. The standard InChI is InChI=1S/C13H20N2O/c1-3-9-14-11-5-4-6-12-10(11)7-8-13(16)15(12)2/h7-8,11,14H,3-6,9H2,1-2H3.